The molecule has 2 aliphatic carbocycles. The molecule has 0 radical (unpaired) electrons. The summed E-state index contributed by atoms with van der Waals surface area (Å²) >= 11 is 0. The summed E-state index contributed by atoms with van der Waals surface area (Å²) in [6, 6.07) is 3.74. The summed E-state index contributed by atoms with van der Waals surface area (Å²) in [4.78, 5) is 21.3. The van der Waals surface area contributed by atoms with Crippen LogP contribution in [0, 0.1) is 5.92 Å². The molecule has 0 saturated heterocycles. The van der Waals surface area contributed by atoms with Crippen molar-refractivity contribution in [1.29, 1.82) is 0 Å². The van der Waals surface area contributed by atoms with Gasteiger partial charge in [-0.15, -0.1) is 0 Å². The Balaban J connectivity index is 1.47. The molecule has 132 valence electrons. The van der Waals surface area contributed by atoms with Crippen LogP contribution < -0.4 is 10.1 Å². The fourth-order valence-electron chi connectivity index (χ4n) is 3.57. The van der Waals surface area contributed by atoms with Gasteiger partial charge in [0.15, 0.2) is 11.6 Å². The molecular formula is C19H23N3O3. The lowest BCUT2D eigenvalue weighted by molar-refractivity contribution is 0.0926. The van der Waals surface area contributed by atoms with Crippen molar-refractivity contribution < 1.29 is 13.9 Å². The molecule has 2 aromatic rings. The van der Waals surface area contributed by atoms with Gasteiger partial charge in [-0.1, -0.05) is 18.9 Å². The second kappa shape index (κ2) is 6.86. The predicted molar refractivity (Wildman–Crippen MR) is 91.4 cm³/mol. The molecule has 2 heterocycles. The van der Waals surface area contributed by atoms with E-state index in [9.17, 15) is 4.79 Å². The van der Waals surface area contributed by atoms with Crippen LogP contribution in [0.1, 0.15) is 72.4 Å². The van der Waals surface area contributed by atoms with Crippen molar-refractivity contribution in [3.8, 4) is 5.88 Å². The molecule has 6 nitrogen and oxygen atoms in total. The van der Waals surface area contributed by atoms with Crippen LogP contribution in [0.25, 0.3) is 0 Å². The van der Waals surface area contributed by atoms with Gasteiger partial charge in [-0.25, -0.2) is 9.97 Å². The molecule has 0 aromatic carbocycles. The predicted octanol–water partition coefficient (Wildman–Crippen LogP) is 3.62. The number of methoxy groups -OCH3 is 1. The number of aromatic nitrogens is 2. The molecular weight excluding hydrogens is 318 g/mol. The van der Waals surface area contributed by atoms with Crippen LogP contribution in [-0.4, -0.2) is 23.0 Å². The highest BCUT2D eigenvalue weighted by Gasteiger charge is 2.34. The molecule has 1 atom stereocenters. The van der Waals surface area contributed by atoms with Crippen molar-refractivity contribution in [2.45, 2.75) is 50.5 Å². The first-order valence-electron chi connectivity index (χ1n) is 9.01. The number of oxazole rings is 1. The van der Waals surface area contributed by atoms with E-state index in [-0.39, 0.29) is 11.9 Å². The van der Waals surface area contributed by atoms with Crippen molar-refractivity contribution in [2.75, 3.05) is 7.11 Å². The Bertz CT molecular complexity index is 731. The van der Waals surface area contributed by atoms with Crippen LogP contribution in [0.4, 0.5) is 0 Å². The lowest BCUT2D eigenvalue weighted by atomic mass is 10.0. The Morgan fingerprint density at radius 3 is 2.72 bits per heavy atom. The Morgan fingerprint density at radius 1 is 1.28 bits per heavy atom. The summed E-state index contributed by atoms with van der Waals surface area (Å²) in [5, 5.41) is 3.11. The summed E-state index contributed by atoms with van der Waals surface area (Å²) in [5.41, 5.74) is 1.37. The zero-order valence-corrected chi connectivity index (χ0v) is 14.4. The molecule has 0 bridgehead atoms. The lowest BCUT2D eigenvalue weighted by Crippen LogP contribution is -2.30. The molecule has 2 aliphatic rings. The quantitative estimate of drug-likeness (QED) is 0.868. The third-order valence-electron chi connectivity index (χ3n) is 5.17. The van der Waals surface area contributed by atoms with E-state index >= 15 is 0 Å². The zero-order chi connectivity index (χ0) is 17.2. The minimum Gasteiger partial charge on any atom is -0.481 e. The number of ether oxygens (including phenoxy) is 1. The van der Waals surface area contributed by atoms with E-state index in [1.807, 2.05) is 12.1 Å². The molecule has 2 fully saturated rings. The minimum atomic E-state index is -0.180. The fraction of sp³-hybridized carbons (Fsp3) is 0.526. The average molecular weight is 341 g/mol. The van der Waals surface area contributed by atoms with Crippen molar-refractivity contribution >= 4 is 5.91 Å². The molecule has 4 rings (SSSR count). The number of carbonyl (C=O) groups is 1. The standard InChI is InChI=1S/C19H23N3O3/c1-24-16-9-8-14(10-20-16)17(12-6-7-12)22-18(23)15-11-25-19(21-15)13-4-2-3-5-13/h8-13,17H,2-7H2,1H3,(H,22,23). The molecule has 1 amide bonds. The van der Waals surface area contributed by atoms with E-state index in [4.69, 9.17) is 9.15 Å². The van der Waals surface area contributed by atoms with Gasteiger partial charge in [-0.2, -0.15) is 0 Å². The van der Waals surface area contributed by atoms with Crippen LogP contribution in [0.2, 0.25) is 0 Å². The van der Waals surface area contributed by atoms with Gasteiger partial charge in [0.05, 0.1) is 13.2 Å². The molecule has 0 spiro atoms. The highest BCUT2D eigenvalue weighted by atomic mass is 16.5. The van der Waals surface area contributed by atoms with Crippen molar-refractivity contribution in [3.63, 3.8) is 0 Å². The fourth-order valence-corrected chi connectivity index (χ4v) is 3.57. The smallest absolute Gasteiger partial charge is 0.273 e. The van der Waals surface area contributed by atoms with E-state index in [1.54, 1.807) is 13.3 Å². The van der Waals surface area contributed by atoms with E-state index in [1.165, 1.54) is 19.1 Å². The number of hydrogen-bond acceptors (Lipinski definition) is 5. The first kappa shape index (κ1) is 16.1. The van der Waals surface area contributed by atoms with Crippen LogP contribution in [0.5, 0.6) is 5.88 Å². The first-order chi connectivity index (χ1) is 12.2. The summed E-state index contributed by atoms with van der Waals surface area (Å²) in [6.07, 6.45) is 10.1. The highest BCUT2D eigenvalue weighted by molar-refractivity contribution is 5.92. The molecule has 2 aromatic heterocycles. The summed E-state index contributed by atoms with van der Waals surface area (Å²) in [7, 11) is 1.59. The van der Waals surface area contributed by atoms with Gasteiger partial charge >= 0.3 is 0 Å². The number of pyridine rings is 1. The monoisotopic (exact) mass is 341 g/mol. The second-order valence-corrected chi connectivity index (χ2v) is 6.97. The van der Waals surface area contributed by atoms with Gasteiger partial charge < -0.3 is 14.5 Å². The lowest BCUT2D eigenvalue weighted by Gasteiger charge is -2.18. The highest BCUT2D eigenvalue weighted by Crippen LogP contribution is 2.41. The molecule has 2 saturated carbocycles. The average Bonchev–Trinajstić information content (AvgIpc) is 3.13. The van der Waals surface area contributed by atoms with Gasteiger partial charge in [0.1, 0.15) is 6.26 Å². The molecule has 1 N–H and O–H groups in total. The third kappa shape index (κ3) is 3.52. The van der Waals surface area contributed by atoms with Crippen LogP contribution in [-0.2, 0) is 0 Å². The van der Waals surface area contributed by atoms with Crippen molar-refractivity contribution in [1.82, 2.24) is 15.3 Å². The Hall–Kier alpha value is -2.37. The van der Waals surface area contributed by atoms with Gasteiger partial charge in [-0.3, -0.25) is 4.79 Å². The van der Waals surface area contributed by atoms with Gasteiger partial charge in [0.2, 0.25) is 5.88 Å². The normalized spacial score (nSPS) is 18.9. The maximum atomic E-state index is 12.6. The summed E-state index contributed by atoms with van der Waals surface area (Å²) < 4.78 is 10.7. The zero-order valence-electron chi connectivity index (χ0n) is 14.4. The molecule has 6 heteroatoms. The number of amides is 1. The SMILES string of the molecule is COc1ccc(C(NC(=O)c2coc(C3CCCC3)n2)C2CC2)cn1. The number of nitrogens with zero attached hydrogens (tertiary/aromatic N) is 2. The third-order valence-corrected chi connectivity index (χ3v) is 5.17. The molecule has 1 unspecified atom stereocenters. The Kier molecular flexibility index (Phi) is 4.42. The largest absolute Gasteiger partial charge is 0.481 e. The number of nitrogens with one attached hydrogen (secondary N) is 1. The van der Waals surface area contributed by atoms with Crippen LogP contribution in [0.3, 0.4) is 0 Å². The topological polar surface area (TPSA) is 77.2 Å². The Morgan fingerprint density at radius 2 is 2.08 bits per heavy atom. The van der Waals surface area contributed by atoms with Crippen LogP contribution >= 0.6 is 0 Å². The first-order valence-corrected chi connectivity index (χ1v) is 9.01. The van der Waals surface area contributed by atoms with E-state index in [0.717, 1.165) is 31.2 Å². The van der Waals surface area contributed by atoms with E-state index < -0.39 is 0 Å². The van der Waals surface area contributed by atoms with Gasteiger partial charge in [0, 0.05) is 18.2 Å². The van der Waals surface area contributed by atoms with Crippen LogP contribution in [0.15, 0.2) is 29.0 Å². The van der Waals surface area contributed by atoms with E-state index in [0.29, 0.717) is 29.3 Å². The maximum absolute atomic E-state index is 12.6. The van der Waals surface area contributed by atoms with Crippen molar-refractivity contribution in [2.24, 2.45) is 5.92 Å². The number of hydrogen-bond donors (Lipinski definition) is 1. The maximum Gasteiger partial charge on any atom is 0.273 e. The minimum absolute atomic E-state index is 0.0439. The molecule has 25 heavy (non-hydrogen) atoms. The number of carbonyl (C=O) groups excluding carboxylic acids is 1. The van der Waals surface area contributed by atoms with Gasteiger partial charge in [0.25, 0.3) is 5.91 Å². The number of rotatable bonds is 6. The van der Waals surface area contributed by atoms with Crippen molar-refractivity contribution in [3.05, 3.63) is 41.7 Å². The molecule has 0 aliphatic heterocycles. The van der Waals surface area contributed by atoms with E-state index in [2.05, 4.69) is 15.3 Å². The summed E-state index contributed by atoms with van der Waals surface area (Å²) in [6.45, 7) is 0. The Labute approximate surface area is 147 Å². The van der Waals surface area contributed by atoms with Gasteiger partial charge in [-0.05, 0) is 37.2 Å². The summed E-state index contributed by atoms with van der Waals surface area (Å²) in [5.74, 6) is 1.92. The second-order valence-electron chi connectivity index (χ2n) is 6.97.